The first-order chi connectivity index (χ1) is 12.0. The van der Waals surface area contributed by atoms with Crippen molar-refractivity contribution < 1.29 is 4.79 Å². The highest BCUT2D eigenvalue weighted by Gasteiger charge is 2.14. The smallest absolute Gasteiger partial charge is 0.262 e. The Morgan fingerprint density at radius 1 is 1.28 bits per heavy atom. The summed E-state index contributed by atoms with van der Waals surface area (Å²) in [4.78, 5) is 31.7. The molecule has 3 aromatic rings. The number of rotatable bonds is 5. The molecule has 1 amide bonds. The zero-order chi connectivity index (χ0) is 18.0. The van der Waals surface area contributed by atoms with E-state index in [0.717, 1.165) is 16.0 Å². The Morgan fingerprint density at radius 2 is 2.00 bits per heavy atom. The molecule has 2 heterocycles. The molecule has 0 saturated heterocycles. The van der Waals surface area contributed by atoms with E-state index in [1.165, 1.54) is 21.5 Å². The molecule has 0 radical (unpaired) electrons. The van der Waals surface area contributed by atoms with Crippen LogP contribution in [0.4, 0.5) is 0 Å². The fourth-order valence-electron chi connectivity index (χ4n) is 2.66. The molecule has 1 aromatic carbocycles. The van der Waals surface area contributed by atoms with Crippen molar-refractivity contribution in [3.8, 4) is 11.1 Å². The van der Waals surface area contributed by atoms with Gasteiger partial charge in [-0.1, -0.05) is 29.8 Å². The van der Waals surface area contributed by atoms with Crippen LogP contribution >= 0.6 is 11.3 Å². The number of carbonyl (C=O) groups is 1. The molecule has 0 aliphatic carbocycles. The van der Waals surface area contributed by atoms with Crippen molar-refractivity contribution in [2.75, 3.05) is 13.6 Å². The van der Waals surface area contributed by atoms with Crippen LogP contribution in [0.1, 0.15) is 18.9 Å². The van der Waals surface area contributed by atoms with Crippen molar-refractivity contribution in [1.29, 1.82) is 0 Å². The summed E-state index contributed by atoms with van der Waals surface area (Å²) in [6, 6.07) is 8.11. The van der Waals surface area contributed by atoms with Gasteiger partial charge in [0, 0.05) is 37.5 Å². The van der Waals surface area contributed by atoms with Crippen LogP contribution in [0.25, 0.3) is 21.3 Å². The monoisotopic (exact) mass is 355 g/mol. The maximum Gasteiger partial charge on any atom is 0.262 e. The Kier molecular flexibility index (Phi) is 4.99. The van der Waals surface area contributed by atoms with Gasteiger partial charge < -0.3 is 4.90 Å². The number of amides is 1. The number of hydrogen-bond donors (Lipinski definition) is 0. The van der Waals surface area contributed by atoms with Crippen LogP contribution in [0.2, 0.25) is 0 Å². The minimum Gasteiger partial charge on any atom is -0.346 e. The summed E-state index contributed by atoms with van der Waals surface area (Å²) >= 11 is 1.47. The first-order valence-electron chi connectivity index (χ1n) is 8.29. The molecule has 0 aliphatic rings. The zero-order valence-electron chi connectivity index (χ0n) is 14.7. The van der Waals surface area contributed by atoms with Crippen molar-refractivity contribution in [1.82, 2.24) is 14.5 Å². The van der Waals surface area contributed by atoms with Gasteiger partial charge >= 0.3 is 0 Å². The summed E-state index contributed by atoms with van der Waals surface area (Å²) in [5, 5.41) is 2.61. The van der Waals surface area contributed by atoms with Gasteiger partial charge in [-0.2, -0.15) is 0 Å². The minimum absolute atomic E-state index is 0.0265. The average molecular weight is 355 g/mol. The fourth-order valence-corrected chi connectivity index (χ4v) is 3.56. The summed E-state index contributed by atoms with van der Waals surface area (Å²) in [5.41, 5.74) is 3.00. The molecule has 0 saturated carbocycles. The summed E-state index contributed by atoms with van der Waals surface area (Å²) in [6.45, 7) is 4.96. The number of hydrogen-bond acceptors (Lipinski definition) is 4. The van der Waals surface area contributed by atoms with E-state index in [0.29, 0.717) is 24.9 Å². The van der Waals surface area contributed by atoms with Crippen molar-refractivity contribution in [2.45, 2.75) is 26.8 Å². The highest BCUT2D eigenvalue weighted by Crippen LogP contribution is 2.30. The van der Waals surface area contributed by atoms with Gasteiger partial charge in [-0.3, -0.25) is 14.2 Å². The minimum atomic E-state index is -0.0891. The lowest BCUT2D eigenvalue weighted by molar-refractivity contribution is -0.129. The van der Waals surface area contributed by atoms with E-state index < -0.39 is 0 Å². The van der Waals surface area contributed by atoms with Gasteiger partial charge in [-0.25, -0.2) is 4.98 Å². The number of aromatic nitrogens is 2. The molecule has 2 aromatic heterocycles. The third kappa shape index (κ3) is 3.49. The summed E-state index contributed by atoms with van der Waals surface area (Å²) in [6.07, 6.45) is 1.83. The molecular formula is C19H21N3O2S. The molecule has 0 bridgehead atoms. The second kappa shape index (κ2) is 7.19. The van der Waals surface area contributed by atoms with Crippen molar-refractivity contribution in [3.63, 3.8) is 0 Å². The lowest BCUT2D eigenvalue weighted by atomic mass is 10.1. The van der Waals surface area contributed by atoms with E-state index in [2.05, 4.69) is 4.98 Å². The van der Waals surface area contributed by atoms with Crippen molar-refractivity contribution >= 4 is 27.5 Å². The molecule has 0 N–H and O–H groups in total. The second-order valence-electron chi connectivity index (χ2n) is 6.10. The number of aryl methyl sites for hydroxylation is 2. The topological polar surface area (TPSA) is 55.2 Å². The fraction of sp³-hybridized carbons (Fsp3) is 0.316. The highest BCUT2D eigenvalue weighted by atomic mass is 32.1. The maximum absolute atomic E-state index is 12.9. The van der Waals surface area contributed by atoms with Gasteiger partial charge in [-0.05, 0) is 19.4 Å². The van der Waals surface area contributed by atoms with E-state index in [1.807, 2.05) is 43.5 Å². The Labute approximate surface area is 150 Å². The number of carbonyl (C=O) groups excluding carboxylic acids is 1. The number of thiophene rings is 1. The molecule has 0 spiro atoms. The largest absolute Gasteiger partial charge is 0.346 e. The molecular weight excluding hydrogens is 334 g/mol. The molecule has 0 fully saturated rings. The first-order valence-corrected chi connectivity index (χ1v) is 9.17. The summed E-state index contributed by atoms with van der Waals surface area (Å²) < 4.78 is 1.54. The third-order valence-corrected chi connectivity index (χ3v) is 5.28. The van der Waals surface area contributed by atoms with Gasteiger partial charge in [0.15, 0.2) is 0 Å². The Morgan fingerprint density at radius 3 is 2.68 bits per heavy atom. The molecule has 5 nitrogen and oxygen atoms in total. The van der Waals surface area contributed by atoms with Gasteiger partial charge in [0.2, 0.25) is 5.91 Å². The predicted molar refractivity (Wildman–Crippen MR) is 102 cm³/mol. The molecule has 6 heteroatoms. The normalized spacial score (nSPS) is 11.0. The van der Waals surface area contributed by atoms with Crippen LogP contribution < -0.4 is 5.56 Å². The molecule has 25 heavy (non-hydrogen) atoms. The average Bonchev–Trinajstić information content (AvgIpc) is 3.05. The maximum atomic E-state index is 12.9. The second-order valence-corrected chi connectivity index (χ2v) is 6.95. The van der Waals surface area contributed by atoms with E-state index in [1.54, 1.807) is 18.3 Å². The molecule has 0 unspecified atom stereocenters. The Balaban J connectivity index is 1.96. The summed E-state index contributed by atoms with van der Waals surface area (Å²) in [7, 11) is 1.76. The van der Waals surface area contributed by atoms with Crippen LogP contribution in [0.5, 0.6) is 0 Å². The van der Waals surface area contributed by atoms with Crippen LogP contribution in [0, 0.1) is 6.92 Å². The number of benzene rings is 1. The summed E-state index contributed by atoms with van der Waals surface area (Å²) in [5.74, 6) is 0.0265. The van der Waals surface area contributed by atoms with E-state index in [4.69, 9.17) is 0 Å². The predicted octanol–water partition coefficient (Wildman–Crippen LogP) is 3.30. The lowest BCUT2D eigenvalue weighted by Gasteiger charge is -2.14. The zero-order valence-corrected chi connectivity index (χ0v) is 15.5. The third-order valence-electron chi connectivity index (χ3n) is 4.39. The van der Waals surface area contributed by atoms with Gasteiger partial charge in [-0.15, -0.1) is 11.3 Å². The van der Waals surface area contributed by atoms with E-state index in [9.17, 15) is 9.59 Å². The SMILES string of the molecule is CCN(C)C(=O)CCn1cnc2scc(-c3ccc(C)cc3)c2c1=O. The Hall–Kier alpha value is -2.47. The van der Waals surface area contributed by atoms with E-state index in [-0.39, 0.29) is 11.5 Å². The van der Waals surface area contributed by atoms with Crippen LogP contribution in [-0.4, -0.2) is 34.0 Å². The van der Waals surface area contributed by atoms with Crippen molar-refractivity contribution in [2.24, 2.45) is 0 Å². The van der Waals surface area contributed by atoms with Gasteiger partial charge in [0.25, 0.3) is 5.56 Å². The highest BCUT2D eigenvalue weighted by molar-refractivity contribution is 7.17. The number of nitrogens with zero attached hydrogens (tertiary/aromatic N) is 3. The number of fused-ring (bicyclic) bond motifs is 1. The molecule has 0 aliphatic heterocycles. The molecule has 3 rings (SSSR count). The van der Waals surface area contributed by atoms with Crippen LogP contribution in [-0.2, 0) is 11.3 Å². The standard InChI is InChI=1S/C19H21N3O2S/c1-4-21(3)16(23)9-10-22-12-20-18-17(19(22)24)15(11-25-18)14-7-5-13(2)6-8-14/h5-8,11-12H,4,9-10H2,1-3H3. The van der Waals surface area contributed by atoms with E-state index >= 15 is 0 Å². The van der Waals surface area contributed by atoms with Crippen molar-refractivity contribution in [3.05, 3.63) is 51.9 Å². The van der Waals surface area contributed by atoms with Crippen LogP contribution in [0.15, 0.2) is 40.8 Å². The quantitative estimate of drug-likeness (QED) is 0.706. The lowest BCUT2D eigenvalue weighted by Crippen LogP contribution is -2.29. The van der Waals surface area contributed by atoms with Crippen LogP contribution in [0.3, 0.4) is 0 Å². The van der Waals surface area contributed by atoms with Gasteiger partial charge in [0.05, 0.1) is 11.7 Å². The molecule has 0 atom stereocenters. The first kappa shape index (κ1) is 17.4. The molecule has 130 valence electrons. The Bertz CT molecular complexity index is 957. The van der Waals surface area contributed by atoms with Gasteiger partial charge in [0.1, 0.15) is 4.83 Å².